The van der Waals surface area contributed by atoms with Gasteiger partial charge in [0.05, 0.1) is 25.0 Å². The molecule has 0 saturated heterocycles. The monoisotopic (exact) mass is 968 g/mol. The van der Waals surface area contributed by atoms with Gasteiger partial charge in [0, 0.05) is 0 Å². The number of aliphatic hydroxyl groups is 4. The summed E-state index contributed by atoms with van der Waals surface area (Å²) in [6.07, 6.45) is 2.05. The largest absolute Gasteiger partial charge is 1.00 e. The fraction of sp³-hybridized carbons (Fsp3) is 0.333. The molecule has 0 radical (unpaired) electrons. The predicted octanol–water partition coefficient (Wildman–Crippen LogP) is -12.4. The topological polar surface area (TPSA) is 497 Å². The third-order valence-electron chi connectivity index (χ3n) is 3.27. The van der Waals surface area contributed by atoms with Gasteiger partial charge < -0.3 is 103 Å². The summed E-state index contributed by atoms with van der Waals surface area (Å²) < 4.78 is 99.1. The molecule has 0 aromatic rings. The molecule has 0 saturated carbocycles. The Morgan fingerprint density at radius 1 is 0.346 bits per heavy atom. The first-order valence-corrected chi connectivity index (χ1v) is 23.6. The van der Waals surface area contributed by atoms with Gasteiger partial charge in [-0.25, -0.2) is 18.3 Å². The van der Waals surface area contributed by atoms with Crippen LogP contribution in [0, 0.1) is 0 Å². The molecule has 28 nitrogen and oxygen atoms in total. The number of aliphatic hydroxyl groups excluding tert-OH is 4. The van der Waals surface area contributed by atoms with Crippen LogP contribution in [0.1, 0.15) is 5.71 Å². The molecule has 0 spiro atoms. The maximum absolute atomic E-state index is 10.7. The van der Waals surface area contributed by atoms with Crippen molar-refractivity contribution in [2.45, 2.75) is 22.3 Å². The minimum atomic E-state index is -5.04. The molecule has 0 rings (SSSR count). The zero-order valence-corrected chi connectivity index (χ0v) is 42.2. The van der Waals surface area contributed by atoms with Crippen LogP contribution in [-0.2, 0) is 54.6 Å². The predicted molar refractivity (Wildman–Crippen MR) is 161 cm³/mol. The van der Waals surface area contributed by atoms with Crippen molar-refractivity contribution < 1.29 is 258 Å². The second-order valence-corrected chi connectivity index (χ2v) is 22.7. The molecule has 296 valence electrons. The molecule has 52 heavy (non-hydrogen) atoms. The normalized spacial score (nSPS) is 17.8. The third kappa shape index (κ3) is 32.2. The molecule has 0 fully saturated rings. The maximum atomic E-state index is 10.7. The van der Waals surface area contributed by atoms with Gasteiger partial charge in [-0.1, -0.05) is 26.3 Å². The molecule has 40 heteroatoms. The van der Waals surface area contributed by atoms with Crippen LogP contribution in [0.5, 0.6) is 0 Å². The van der Waals surface area contributed by atoms with Crippen molar-refractivity contribution in [2.75, 3.05) is 0 Å². The van der Waals surface area contributed by atoms with E-state index in [1.54, 1.807) is 0 Å². The Morgan fingerprint density at radius 3 is 0.500 bits per heavy atom. The molecule has 0 amide bonds. The van der Waals surface area contributed by atoms with E-state index < -0.39 is 83.1 Å². The minimum Gasteiger partial charge on any atom is -1.00 e. The molecule has 0 aliphatic heterocycles. The van der Waals surface area contributed by atoms with Gasteiger partial charge in [-0.05, 0) is 0 Å². The Bertz CT molecular complexity index is 1270. The van der Waals surface area contributed by atoms with Crippen molar-refractivity contribution in [1.82, 2.24) is 0 Å². The number of rotatable bonds is 16. The van der Waals surface area contributed by atoms with Crippen LogP contribution in [-0.4, -0.2) is 101 Å². The van der Waals surface area contributed by atoms with E-state index in [1.807, 2.05) is 0 Å². The number of hydrogen-bond acceptors (Lipinski definition) is 16. The van der Waals surface area contributed by atoms with Crippen LogP contribution in [0.25, 0.3) is 0 Å². The summed E-state index contributed by atoms with van der Waals surface area (Å²) in [6, 6.07) is 0. The van der Waals surface area contributed by atoms with Crippen molar-refractivity contribution in [2.24, 2.45) is 0 Å². The van der Waals surface area contributed by atoms with E-state index in [-0.39, 0.29) is 124 Å². The van der Waals surface area contributed by atoms with Gasteiger partial charge in [-0.15, -0.1) is 0 Å². The molecular weight excluding hydrogens is 932 g/mol. The van der Waals surface area contributed by atoms with E-state index in [4.69, 9.17) is 79.1 Å². The average molecular weight is 968 g/mol. The van der Waals surface area contributed by atoms with Gasteiger partial charge in [0.15, 0.2) is 0 Å². The molecule has 0 aliphatic rings. The molecule has 0 heterocycles. The van der Waals surface area contributed by atoms with Gasteiger partial charge >= 0.3 is 179 Å². The Labute approximate surface area is 387 Å². The zero-order valence-electron chi connectivity index (χ0n) is 31.1. The Balaban J connectivity index is -0.0000000440. The molecule has 0 aromatic heterocycles. The molecular formula is C12H36Na4O28P8. The molecule has 0 bridgehead atoms. The van der Waals surface area contributed by atoms with Crippen LogP contribution in [0.15, 0.2) is 51.4 Å². The van der Waals surface area contributed by atoms with E-state index in [2.05, 4.69) is 44.4 Å². The van der Waals surface area contributed by atoms with Gasteiger partial charge in [-0.3, -0.25) is 18.3 Å². The van der Waals surface area contributed by atoms with Gasteiger partial charge in [0.2, 0.25) is 0 Å². The zero-order chi connectivity index (χ0) is 40.0. The number of hydrogen-bond donors (Lipinski definition) is 16. The first-order valence-electron chi connectivity index (χ1n) is 10.3. The van der Waals surface area contributed by atoms with E-state index in [9.17, 15) is 36.5 Å². The Morgan fingerprint density at radius 2 is 0.442 bits per heavy atom. The van der Waals surface area contributed by atoms with E-state index in [1.165, 1.54) is 0 Å². The standard InChI is InChI=1S/4C3H8O7P2.4Na.4H/c4*1-2-10-12(8,9)3(4)11(5,6)7;;;;;;;;/h4*2-4H,1H2,(H,8,9)(H2,5,6,7);;;;;;;;/q;;;;4*+1;4*-1. The van der Waals surface area contributed by atoms with Gasteiger partial charge in [0.1, 0.15) is 0 Å². The van der Waals surface area contributed by atoms with Crippen LogP contribution in [0.2, 0.25) is 0 Å². The minimum absolute atomic E-state index is 0. The van der Waals surface area contributed by atoms with Crippen LogP contribution >= 0.6 is 60.8 Å². The van der Waals surface area contributed by atoms with E-state index >= 15 is 0 Å². The second kappa shape index (κ2) is 30.4. The smallest absolute Gasteiger partial charge is 1.00 e. The van der Waals surface area contributed by atoms with Crippen molar-refractivity contribution in [3.05, 3.63) is 51.4 Å². The summed E-state index contributed by atoms with van der Waals surface area (Å²) in [6.45, 7) is 11.6. The van der Waals surface area contributed by atoms with Gasteiger partial charge in [-0.2, -0.15) is 0 Å². The molecule has 16 N–H and O–H groups in total. The summed E-state index contributed by atoms with van der Waals surface area (Å²) >= 11 is 0. The van der Waals surface area contributed by atoms with E-state index in [0.29, 0.717) is 25.0 Å². The fourth-order valence-electron chi connectivity index (χ4n) is 1.41. The first kappa shape index (κ1) is 72.9. The van der Waals surface area contributed by atoms with Crippen molar-refractivity contribution >= 4 is 60.8 Å². The summed E-state index contributed by atoms with van der Waals surface area (Å²) in [5.74, 6) is 0. The molecule has 8 unspecified atom stereocenters. The molecule has 0 aromatic carbocycles. The van der Waals surface area contributed by atoms with Gasteiger partial charge in [0.25, 0.3) is 22.3 Å². The Kier molecular flexibility index (Phi) is 42.6. The maximum Gasteiger partial charge on any atom is 1.00 e. The van der Waals surface area contributed by atoms with Crippen molar-refractivity contribution in [3.8, 4) is 0 Å². The quantitative estimate of drug-likeness (QED) is 0.0388. The molecule has 8 atom stereocenters. The fourth-order valence-corrected chi connectivity index (χ4v) is 9.43. The Hall–Kier alpha value is 3.36. The molecule has 0 aliphatic carbocycles. The second-order valence-electron chi connectivity index (χ2n) is 7.09. The third-order valence-corrected chi connectivity index (χ3v) is 16.9. The van der Waals surface area contributed by atoms with Crippen molar-refractivity contribution in [1.29, 1.82) is 0 Å². The average Bonchev–Trinajstić information content (AvgIpc) is 2.85. The van der Waals surface area contributed by atoms with E-state index in [0.717, 1.165) is 0 Å². The SMILES string of the molecule is C=COP(=O)(O)C(O)P(=O)(O)O.C=COP(=O)(O)C(O)P(=O)(O)O.C=COP(=O)(O)C(O)P(=O)(O)O.C=COP(=O)(O)C(O)P(=O)(O)O.[H-].[H-].[H-].[H-].[Na+].[Na+].[Na+].[Na+]. The van der Waals surface area contributed by atoms with Crippen LogP contribution in [0.4, 0.5) is 0 Å². The summed E-state index contributed by atoms with van der Waals surface area (Å²) in [5, 5.41) is 34.4. The van der Waals surface area contributed by atoms with Crippen LogP contribution in [0.3, 0.4) is 0 Å². The summed E-state index contributed by atoms with van der Waals surface area (Å²) in [4.78, 5) is 101. The van der Waals surface area contributed by atoms with Crippen LogP contribution < -0.4 is 118 Å². The summed E-state index contributed by atoms with van der Waals surface area (Å²) in [7, 11) is -39.1. The summed E-state index contributed by atoms with van der Waals surface area (Å²) in [5.41, 5.74) is -10.9. The van der Waals surface area contributed by atoms with Crippen molar-refractivity contribution in [3.63, 3.8) is 0 Å². The first-order chi connectivity index (χ1) is 20.9.